The molecule has 1 aromatic heterocycles. The average Bonchev–Trinajstić information content (AvgIpc) is 3.18. The second-order valence-corrected chi connectivity index (χ2v) is 8.36. The molecule has 0 unspecified atom stereocenters. The minimum atomic E-state index is -0.531. The van der Waals surface area contributed by atoms with Gasteiger partial charge in [-0.1, -0.05) is 55.0 Å². The van der Waals surface area contributed by atoms with Gasteiger partial charge in [0.25, 0.3) is 0 Å². The molecule has 3 aromatic rings. The lowest BCUT2D eigenvalue weighted by Gasteiger charge is -2.22. The van der Waals surface area contributed by atoms with Gasteiger partial charge in [-0.2, -0.15) is 5.10 Å². The molecule has 3 amide bonds. The lowest BCUT2D eigenvalue weighted by atomic mass is 10.1. The van der Waals surface area contributed by atoms with Crippen LogP contribution in [0.1, 0.15) is 31.5 Å². The minimum Gasteiger partial charge on any atom is -0.465 e. The van der Waals surface area contributed by atoms with Crippen LogP contribution in [0, 0.1) is 13.8 Å². The van der Waals surface area contributed by atoms with Crippen molar-refractivity contribution in [2.45, 2.75) is 34.1 Å². The number of nitrogens with one attached hydrogen (secondary N) is 2. The fourth-order valence-corrected chi connectivity index (χ4v) is 3.80. The predicted molar refractivity (Wildman–Crippen MR) is 139 cm³/mol. The SMILES string of the molecule is CCCN(CC(=O)Nc1c(-c2ccccc2)c(C)nn1-c1ccc(C)cc1)C(=O)NCC(=O)OCC. The number of nitrogens with zero attached hydrogens (tertiary/aromatic N) is 3. The van der Waals surface area contributed by atoms with Gasteiger partial charge in [-0.15, -0.1) is 0 Å². The predicted octanol–water partition coefficient (Wildman–Crippen LogP) is 4.08. The van der Waals surface area contributed by atoms with Crippen LogP contribution in [0.25, 0.3) is 16.8 Å². The van der Waals surface area contributed by atoms with Crippen molar-refractivity contribution in [1.82, 2.24) is 20.0 Å². The number of anilines is 1. The van der Waals surface area contributed by atoms with Crippen LogP contribution in [0.4, 0.5) is 10.6 Å². The number of benzene rings is 2. The van der Waals surface area contributed by atoms with E-state index < -0.39 is 12.0 Å². The Labute approximate surface area is 211 Å². The highest BCUT2D eigenvalue weighted by Gasteiger charge is 2.23. The van der Waals surface area contributed by atoms with E-state index in [0.29, 0.717) is 18.8 Å². The first-order valence-electron chi connectivity index (χ1n) is 12.0. The molecule has 0 saturated heterocycles. The van der Waals surface area contributed by atoms with Crippen LogP contribution < -0.4 is 10.6 Å². The summed E-state index contributed by atoms with van der Waals surface area (Å²) in [6.07, 6.45) is 0.649. The third kappa shape index (κ3) is 6.71. The van der Waals surface area contributed by atoms with Gasteiger partial charge in [-0.3, -0.25) is 9.59 Å². The summed E-state index contributed by atoms with van der Waals surface area (Å²) in [5.74, 6) is -0.382. The van der Waals surface area contributed by atoms with E-state index in [1.54, 1.807) is 11.6 Å². The molecule has 2 N–H and O–H groups in total. The molecule has 3 rings (SSSR count). The van der Waals surface area contributed by atoms with E-state index in [9.17, 15) is 14.4 Å². The maximum atomic E-state index is 13.2. The van der Waals surface area contributed by atoms with Gasteiger partial charge in [0.1, 0.15) is 18.9 Å². The zero-order chi connectivity index (χ0) is 26.1. The molecule has 0 spiro atoms. The molecule has 0 atom stereocenters. The van der Waals surface area contributed by atoms with Gasteiger partial charge < -0.3 is 20.3 Å². The van der Waals surface area contributed by atoms with E-state index in [1.165, 1.54) is 4.90 Å². The number of ether oxygens (including phenoxy) is 1. The highest BCUT2D eigenvalue weighted by Crippen LogP contribution is 2.33. The van der Waals surface area contributed by atoms with E-state index in [0.717, 1.165) is 28.1 Å². The molecule has 9 heteroatoms. The molecule has 0 aliphatic rings. The van der Waals surface area contributed by atoms with Crippen molar-refractivity contribution in [1.29, 1.82) is 0 Å². The number of rotatable bonds is 10. The van der Waals surface area contributed by atoms with E-state index in [4.69, 9.17) is 9.84 Å². The summed E-state index contributed by atoms with van der Waals surface area (Å²) < 4.78 is 6.56. The molecule has 2 aromatic carbocycles. The van der Waals surface area contributed by atoms with Crippen molar-refractivity contribution in [3.05, 3.63) is 65.9 Å². The van der Waals surface area contributed by atoms with Crippen LogP contribution in [0.5, 0.6) is 0 Å². The number of hydrogen-bond acceptors (Lipinski definition) is 5. The van der Waals surface area contributed by atoms with Gasteiger partial charge in [0.05, 0.1) is 18.0 Å². The summed E-state index contributed by atoms with van der Waals surface area (Å²) in [5, 5.41) is 10.2. The Hall–Kier alpha value is -4.14. The Morgan fingerprint density at radius 2 is 1.69 bits per heavy atom. The molecule has 190 valence electrons. The first-order valence-corrected chi connectivity index (χ1v) is 12.0. The smallest absolute Gasteiger partial charge is 0.325 e. The van der Waals surface area contributed by atoms with Crippen molar-refractivity contribution in [2.24, 2.45) is 0 Å². The Balaban J connectivity index is 1.87. The number of carbonyl (C=O) groups is 3. The molecular weight excluding hydrogens is 458 g/mol. The molecule has 0 aliphatic carbocycles. The van der Waals surface area contributed by atoms with E-state index in [-0.39, 0.29) is 25.6 Å². The van der Waals surface area contributed by atoms with Crippen LogP contribution in [0.15, 0.2) is 54.6 Å². The van der Waals surface area contributed by atoms with Crippen LogP contribution in [-0.2, 0) is 14.3 Å². The molecule has 0 bridgehead atoms. The molecular formula is C27H33N5O4. The van der Waals surface area contributed by atoms with Gasteiger partial charge >= 0.3 is 12.0 Å². The maximum absolute atomic E-state index is 13.2. The van der Waals surface area contributed by atoms with Crippen molar-refractivity contribution in [3.8, 4) is 16.8 Å². The number of aromatic nitrogens is 2. The first kappa shape index (κ1) is 26.5. The molecule has 9 nitrogen and oxygen atoms in total. The highest BCUT2D eigenvalue weighted by molar-refractivity contribution is 5.98. The van der Waals surface area contributed by atoms with Crippen LogP contribution in [0.2, 0.25) is 0 Å². The molecule has 0 radical (unpaired) electrons. The summed E-state index contributed by atoms with van der Waals surface area (Å²) in [4.78, 5) is 38.8. The Bertz CT molecular complexity index is 1190. The topological polar surface area (TPSA) is 106 Å². The van der Waals surface area contributed by atoms with E-state index in [1.807, 2.05) is 75.4 Å². The van der Waals surface area contributed by atoms with Gasteiger partial charge in [-0.05, 0) is 44.9 Å². The maximum Gasteiger partial charge on any atom is 0.325 e. The van der Waals surface area contributed by atoms with Crippen molar-refractivity contribution >= 4 is 23.7 Å². The molecule has 1 heterocycles. The third-order valence-corrected chi connectivity index (χ3v) is 5.46. The largest absolute Gasteiger partial charge is 0.465 e. The van der Waals surface area contributed by atoms with Gasteiger partial charge in [0.15, 0.2) is 0 Å². The number of amides is 3. The summed E-state index contributed by atoms with van der Waals surface area (Å²) in [7, 11) is 0. The number of urea groups is 1. The molecule has 0 aliphatic heterocycles. The van der Waals surface area contributed by atoms with Gasteiger partial charge in [0, 0.05) is 12.1 Å². The Morgan fingerprint density at radius 3 is 2.33 bits per heavy atom. The highest BCUT2D eigenvalue weighted by atomic mass is 16.5. The molecule has 36 heavy (non-hydrogen) atoms. The lowest BCUT2D eigenvalue weighted by Crippen LogP contribution is -2.46. The fraction of sp³-hybridized carbons (Fsp3) is 0.333. The summed E-state index contributed by atoms with van der Waals surface area (Å²) >= 11 is 0. The molecule has 0 saturated carbocycles. The second-order valence-electron chi connectivity index (χ2n) is 8.36. The second kappa shape index (κ2) is 12.5. The number of aryl methyl sites for hydroxylation is 2. The zero-order valence-electron chi connectivity index (χ0n) is 21.2. The summed E-state index contributed by atoms with van der Waals surface area (Å²) in [6, 6.07) is 17.1. The molecule has 0 fully saturated rings. The normalized spacial score (nSPS) is 10.6. The first-order chi connectivity index (χ1) is 17.3. The number of carbonyl (C=O) groups excluding carboxylic acids is 3. The average molecular weight is 492 g/mol. The monoisotopic (exact) mass is 491 g/mol. The van der Waals surface area contributed by atoms with Crippen LogP contribution in [-0.4, -0.2) is 58.8 Å². The quantitative estimate of drug-likeness (QED) is 0.416. The van der Waals surface area contributed by atoms with Crippen LogP contribution >= 0.6 is 0 Å². The van der Waals surface area contributed by atoms with Gasteiger partial charge in [-0.25, -0.2) is 9.48 Å². The summed E-state index contributed by atoms with van der Waals surface area (Å²) in [5.41, 5.74) is 4.40. The lowest BCUT2D eigenvalue weighted by molar-refractivity contribution is -0.141. The van der Waals surface area contributed by atoms with Crippen LogP contribution in [0.3, 0.4) is 0 Å². The zero-order valence-corrected chi connectivity index (χ0v) is 21.2. The number of hydrogen-bond donors (Lipinski definition) is 2. The van der Waals surface area contributed by atoms with Gasteiger partial charge in [0.2, 0.25) is 5.91 Å². The standard InChI is InChI=1S/C27H33N5O4/c1-5-16-31(27(35)28-17-24(34)36-6-2)18-23(33)29-26-25(21-10-8-7-9-11-21)20(4)30-32(26)22-14-12-19(3)13-15-22/h7-15H,5-6,16-18H2,1-4H3,(H,28,35)(H,29,33). The Morgan fingerprint density at radius 1 is 1.00 bits per heavy atom. The van der Waals surface area contributed by atoms with E-state index in [2.05, 4.69) is 10.6 Å². The van der Waals surface area contributed by atoms with Crippen molar-refractivity contribution in [3.63, 3.8) is 0 Å². The van der Waals surface area contributed by atoms with Crippen molar-refractivity contribution in [2.75, 3.05) is 31.6 Å². The third-order valence-electron chi connectivity index (χ3n) is 5.46. The van der Waals surface area contributed by atoms with Crippen molar-refractivity contribution < 1.29 is 19.1 Å². The minimum absolute atomic E-state index is 0.186. The fourth-order valence-electron chi connectivity index (χ4n) is 3.80. The summed E-state index contributed by atoms with van der Waals surface area (Å²) in [6.45, 7) is 7.64. The Kier molecular flexibility index (Phi) is 9.21. The number of esters is 1. The van der Waals surface area contributed by atoms with E-state index >= 15 is 0 Å².